The van der Waals surface area contributed by atoms with Crippen LogP contribution in [-0.2, 0) is 0 Å². The average Bonchev–Trinajstić information content (AvgIpc) is 2.55. The first kappa shape index (κ1) is 8.59. The van der Waals surface area contributed by atoms with Crippen molar-refractivity contribution in [2.75, 3.05) is 0 Å². The predicted molar refractivity (Wildman–Crippen MR) is 55.8 cm³/mol. The number of carbonyl (C=O) groups excluding carboxylic acids is 1. The SMILES string of the molecule is O=Cc1nc2cccnc2n1C1CCC1. The van der Waals surface area contributed by atoms with Gasteiger partial charge in [0.1, 0.15) is 5.52 Å². The Morgan fingerprint density at radius 1 is 1.47 bits per heavy atom. The summed E-state index contributed by atoms with van der Waals surface area (Å²) in [6.07, 6.45) is 6.05. The van der Waals surface area contributed by atoms with E-state index < -0.39 is 0 Å². The molecule has 1 aliphatic carbocycles. The van der Waals surface area contributed by atoms with Crippen LogP contribution in [0.25, 0.3) is 11.2 Å². The molecule has 1 saturated carbocycles. The third kappa shape index (κ3) is 1.17. The van der Waals surface area contributed by atoms with Crippen LogP contribution in [0.15, 0.2) is 18.3 Å². The van der Waals surface area contributed by atoms with E-state index in [-0.39, 0.29) is 0 Å². The van der Waals surface area contributed by atoms with Crippen molar-refractivity contribution in [3.05, 3.63) is 24.2 Å². The molecular weight excluding hydrogens is 190 g/mol. The normalized spacial score (nSPS) is 16.5. The molecule has 4 nitrogen and oxygen atoms in total. The van der Waals surface area contributed by atoms with Crippen LogP contribution >= 0.6 is 0 Å². The lowest BCUT2D eigenvalue weighted by Crippen LogP contribution is -2.19. The van der Waals surface area contributed by atoms with Crippen LogP contribution in [-0.4, -0.2) is 20.8 Å². The zero-order chi connectivity index (χ0) is 10.3. The van der Waals surface area contributed by atoms with Crippen molar-refractivity contribution in [2.45, 2.75) is 25.3 Å². The van der Waals surface area contributed by atoms with Crippen molar-refractivity contribution < 1.29 is 4.79 Å². The number of carbonyl (C=O) groups is 1. The smallest absolute Gasteiger partial charge is 0.185 e. The second kappa shape index (κ2) is 3.15. The Morgan fingerprint density at radius 2 is 2.33 bits per heavy atom. The summed E-state index contributed by atoms with van der Waals surface area (Å²) in [5.41, 5.74) is 1.65. The van der Waals surface area contributed by atoms with Crippen LogP contribution < -0.4 is 0 Å². The van der Waals surface area contributed by atoms with E-state index in [2.05, 4.69) is 9.97 Å². The molecule has 2 aromatic rings. The minimum Gasteiger partial charge on any atom is -0.303 e. The maximum atomic E-state index is 10.9. The molecule has 15 heavy (non-hydrogen) atoms. The van der Waals surface area contributed by atoms with Gasteiger partial charge < -0.3 is 4.57 Å². The summed E-state index contributed by atoms with van der Waals surface area (Å²) in [5, 5.41) is 0. The fourth-order valence-corrected chi connectivity index (χ4v) is 2.04. The molecule has 1 aliphatic rings. The topological polar surface area (TPSA) is 47.8 Å². The summed E-state index contributed by atoms with van der Waals surface area (Å²) in [6.45, 7) is 0. The molecule has 2 aromatic heterocycles. The highest BCUT2D eigenvalue weighted by Gasteiger charge is 2.24. The summed E-state index contributed by atoms with van der Waals surface area (Å²) in [7, 11) is 0. The van der Waals surface area contributed by atoms with Crippen LogP contribution in [0.3, 0.4) is 0 Å². The first-order valence-corrected chi connectivity index (χ1v) is 5.18. The lowest BCUT2D eigenvalue weighted by molar-refractivity contribution is 0.110. The number of imidazole rings is 1. The van der Waals surface area contributed by atoms with Gasteiger partial charge in [-0.25, -0.2) is 9.97 Å². The lowest BCUT2D eigenvalue weighted by Gasteiger charge is -2.27. The van der Waals surface area contributed by atoms with Gasteiger partial charge >= 0.3 is 0 Å². The first-order chi connectivity index (χ1) is 7.40. The molecule has 0 aliphatic heterocycles. The summed E-state index contributed by atoms with van der Waals surface area (Å²) >= 11 is 0. The van der Waals surface area contributed by atoms with Crippen molar-refractivity contribution in [3.8, 4) is 0 Å². The van der Waals surface area contributed by atoms with Crippen LogP contribution in [0.1, 0.15) is 35.9 Å². The molecule has 0 saturated heterocycles. The van der Waals surface area contributed by atoms with Crippen LogP contribution in [0.2, 0.25) is 0 Å². The number of hydrogen-bond donors (Lipinski definition) is 0. The Labute approximate surface area is 87.0 Å². The molecule has 0 amide bonds. The Kier molecular flexibility index (Phi) is 1.80. The second-order valence-electron chi connectivity index (χ2n) is 3.89. The van der Waals surface area contributed by atoms with Crippen molar-refractivity contribution >= 4 is 17.5 Å². The zero-order valence-corrected chi connectivity index (χ0v) is 8.26. The number of pyridine rings is 1. The van der Waals surface area contributed by atoms with E-state index in [0.29, 0.717) is 11.9 Å². The Bertz CT molecular complexity index is 514. The molecule has 0 spiro atoms. The van der Waals surface area contributed by atoms with E-state index in [4.69, 9.17) is 0 Å². The molecule has 0 atom stereocenters. The van der Waals surface area contributed by atoms with Gasteiger partial charge in [0.2, 0.25) is 0 Å². The zero-order valence-electron chi connectivity index (χ0n) is 8.26. The highest BCUT2D eigenvalue weighted by Crippen LogP contribution is 2.34. The second-order valence-corrected chi connectivity index (χ2v) is 3.89. The molecule has 3 rings (SSSR count). The van der Waals surface area contributed by atoms with E-state index >= 15 is 0 Å². The molecular formula is C11H11N3O. The van der Waals surface area contributed by atoms with E-state index in [1.807, 2.05) is 16.7 Å². The molecule has 0 bridgehead atoms. The highest BCUT2D eigenvalue weighted by molar-refractivity contribution is 5.80. The summed E-state index contributed by atoms with van der Waals surface area (Å²) < 4.78 is 1.98. The quantitative estimate of drug-likeness (QED) is 0.698. The number of aldehydes is 1. The summed E-state index contributed by atoms with van der Waals surface area (Å²) in [6, 6.07) is 4.16. The van der Waals surface area contributed by atoms with Gasteiger partial charge in [-0.2, -0.15) is 0 Å². The third-order valence-electron chi connectivity index (χ3n) is 3.02. The molecule has 4 heteroatoms. The first-order valence-electron chi connectivity index (χ1n) is 5.18. The number of nitrogens with zero attached hydrogens (tertiary/aromatic N) is 3. The molecule has 1 fully saturated rings. The monoisotopic (exact) mass is 201 g/mol. The summed E-state index contributed by atoms with van der Waals surface area (Å²) in [5.74, 6) is 0.508. The van der Waals surface area contributed by atoms with Crippen molar-refractivity contribution in [1.82, 2.24) is 14.5 Å². The van der Waals surface area contributed by atoms with E-state index in [9.17, 15) is 4.79 Å². The molecule has 0 aromatic carbocycles. The fraction of sp³-hybridized carbons (Fsp3) is 0.364. The van der Waals surface area contributed by atoms with Crippen LogP contribution in [0.5, 0.6) is 0 Å². The summed E-state index contributed by atoms with van der Waals surface area (Å²) in [4.78, 5) is 19.5. The Morgan fingerprint density at radius 3 is 3.00 bits per heavy atom. The molecule has 2 heterocycles. The highest BCUT2D eigenvalue weighted by atomic mass is 16.1. The van der Waals surface area contributed by atoms with Gasteiger partial charge in [0, 0.05) is 12.2 Å². The predicted octanol–water partition coefficient (Wildman–Crippen LogP) is 1.97. The number of rotatable bonds is 2. The number of fused-ring (bicyclic) bond motifs is 1. The van der Waals surface area contributed by atoms with Gasteiger partial charge in [0.15, 0.2) is 17.8 Å². The van der Waals surface area contributed by atoms with Crippen molar-refractivity contribution in [3.63, 3.8) is 0 Å². The van der Waals surface area contributed by atoms with Gasteiger partial charge in [0.25, 0.3) is 0 Å². The average molecular weight is 201 g/mol. The molecule has 76 valence electrons. The maximum absolute atomic E-state index is 10.9. The van der Waals surface area contributed by atoms with Crippen molar-refractivity contribution in [1.29, 1.82) is 0 Å². The van der Waals surface area contributed by atoms with Gasteiger partial charge in [-0.1, -0.05) is 0 Å². The van der Waals surface area contributed by atoms with Gasteiger partial charge in [-0.3, -0.25) is 4.79 Å². The lowest BCUT2D eigenvalue weighted by atomic mass is 9.93. The molecule has 0 radical (unpaired) electrons. The minimum atomic E-state index is 0.421. The Hall–Kier alpha value is -1.71. The van der Waals surface area contributed by atoms with Crippen LogP contribution in [0.4, 0.5) is 0 Å². The number of hydrogen-bond acceptors (Lipinski definition) is 3. The standard InChI is InChI=1S/C11H11N3O/c15-7-10-13-9-5-2-6-12-11(9)14(10)8-3-1-4-8/h2,5-8H,1,3-4H2. The van der Waals surface area contributed by atoms with E-state index in [0.717, 1.165) is 30.3 Å². The van der Waals surface area contributed by atoms with E-state index in [1.54, 1.807) is 6.20 Å². The maximum Gasteiger partial charge on any atom is 0.185 e. The van der Waals surface area contributed by atoms with Gasteiger partial charge in [0.05, 0.1) is 0 Å². The fourth-order valence-electron chi connectivity index (χ4n) is 2.04. The van der Waals surface area contributed by atoms with Crippen LogP contribution in [0, 0.1) is 0 Å². The Balaban J connectivity index is 2.26. The van der Waals surface area contributed by atoms with Crippen molar-refractivity contribution in [2.24, 2.45) is 0 Å². The molecule has 0 N–H and O–H groups in total. The van der Waals surface area contributed by atoms with Gasteiger partial charge in [-0.15, -0.1) is 0 Å². The minimum absolute atomic E-state index is 0.421. The number of aromatic nitrogens is 3. The third-order valence-corrected chi connectivity index (χ3v) is 3.02. The largest absolute Gasteiger partial charge is 0.303 e. The molecule has 0 unspecified atom stereocenters. The van der Waals surface area contributed by atoms with E-state index in [1.165, 1.54) is 6.42 Å². The van der Waals surface area contributed by atoms with Gasteiger partial charge in [-0.05, 0) is 31.4 Å².